The molecule has 1 aromatic heterocycles. The number of hydrogen-bond donors (Lipinski definition) is 1. The predicted molar refractivity (Wildman–Crippen MR) is 91.0 cm³/mol. The summed E-state index contributed by atoms with van der Waals surface area (Å²) in [6, 6.07) is 8.61. The molecule has 2 nitrogen and oxygen atoms in total. The Morgan fingerprint density at radius 2 is 2.00 bits per heavy atom. The zero-order chi connectivity index (χ0) is 13.8. The second kappa shape index (κ2) is 6.88. The molecule has 0 atom stereocenters. The fourth-order valence-electron chi connectivity index (χ4n) is 1.97. The number of halogens is 2. The molecule has 0 amide bonds. The van der Waals surface area contributed by atoms with E-state index in [-0.39, 0.29) is 0 Å². The third kappa shape index (κ3) is 4.05. The van der Waals surface area contributed by atoms with Gasteiger partial charge in [0, 0.05) is 18.1 Å². The van der Waals surface area contributed by atoms with E-state index in [0.29, 0.717) is 6.54 Å². The maximum Gasteiger partial charge on any atom is 0.0701 e. The van der Waals surface area contributed by atoms with Crippen molar-refractivity contribution < 1.29 is 0 Å². The zero-order valence-corrected chi connectivity index (χ0v) is 14.7. The quantitative estimate of drug-likeness (QED) is 0.800. The minimum absolute atomic E-state index is 0.685. The SMILES string of the molecule is CN(Cc1csc(Br)c1)c1ccc(CCN)cc1Br. The van der Waals surface area contributed by atoms with E-state index < -0.39 is 0 Å². The molecule has 1 heterocycles. The first-order chi connectivity index (χ1) is 9.10. The number of nitrogens with two attached hydrogens (primary N) is 1. The highest BCUT2D eigenvalue weighted by Gasteiger charge is 2.08. The molecule has 102 valence electrons. The van der Waals surface area contributed by atoms with Crippen molar-refractivity contribution in [1.29, 1.82) is 0 Å². The maximum atomic E-state index is 5.58. The van der Waals surface area contributed by atoms with E-state index in [9.17, 15) is 0 Å². The molecular formula is C14H16Br2N2S. The lowest BCUT2D eigenvalue weighted by Gasteiger charge is -2.20. The third-order valence-electron chi connectivity index (χ3n) is 2.90. The molecule has 0 unspecified atom stereocenters. The number of nitrogens with zero attached hydrogens (tertiary/aromatic N) is 1. The van der Waals surface area contributed by atoms with Crippen LogP contribution in [0.4, 0.5) is 5.69 Å². The smallest absolute Gasteiger partial charge is 0.0701 e. The lowest BCUT2D eigenvalue weighted by atomic mass is 10.1. The Balaban J connectivity index is 2.12. The van der Waals surface area contributed by atoms with Gasteiger partial charge in [-0.3, -0.25) is 0 Å². The van der Waals surface area contributed by atoms with E-state index in [4.69, 9.17) is 5.73 Å². The summed E-state index contributed by atoms with van der Waals surface area (Å²) >= 11 is 8.86. The van der Waals surface area contributed by atoms with Gasteiger partial charge in [-0.1, -0.05) is 6.07 Å². The van der Waals surface area contributed by atoms with Crippen LogP contribution in [0.5, 0.6) is 0 Å². The molecule has 0 aliphatic carbocycles. The molecule has 19 heavy (non-hydrogen) atoms. The Hall–Kier alpha value is -0.360. The van der Waals surface area contributed by atoms with E-state index in [1.54, 1.807) is 11.3 Å². The van der Waals surface area contributed by atoms with Crippen LogP contribution in [0.2, 0.25) is 0 Å². The van der Waals surface area contributed by atoms with Crippen LogP contribution in [0.1, 0.15) is 11.1 Å². The molecule has 0 saturated carbocycles. The summed E-state index contributed by atoms with van der Waals surface area (Å²) in [5.74, 6) is 0. The average molecular weight is 404 g/mol. The molecule has 2 aromatic rings. The van der Waals surface area contributed by atoms with Gasteiger partial charge in [0.05, 0.1) is 9.47 Å². The molecule has 0 spiro atoms. The van der Waals surface area contributed by atoms with Gasteiger partial charge in [-0.25, -0.2) is 0 Å². The number of rotatable bonds is 5. The van der Waals surface area contributed by atoms with Gasteiger partial charge < -0.3 is 10.6 Å². The summed E-state index contributed by atoms with van der Waals surface area (Å²) in [7, 11) is 2.11. The molecule has 0 fully saturated rings. The predicted octanol–water partition coefficient (Wildman–Crippen LogP) is 4.41. The van der Waals surface area contributed by atoms with Crippen LogP contribution < -0.4 is 10.6 Å². The van der Waals surface area contributed by atoms with Crippen LogP contribution in [0.3, 0.4) is 0 Å². The fourth-order valence-corrected chi connectivity index (χ4v) is 3.90. The van der Waals surface area contributed by atoms with Crippen molar-refractivity contribution in [2.45, 2.75) is 13.0 Å². The maximum absolute atomic E-state index is 5.58. The van der Waals surface area contributed by atoms with Gasteiger partial charge in [-0.05, 0) is 79.5 Å². The standard InChI is InChI=1S/C14H16Br2N2S/c1-18(8-11-7-14(16)19-9-11)13-3-2-10(4-5-17)6-12(13)15/h2-3,6-7,9H,4-5,8,17H2,1H3. The second-order valence-corrected chi connectivity index (χ2v) is 7.58. The Morgan fingerprint density at radius 1 is 1.21 bits per heavy atom. The molecular weight excluding hydrogens is 388 g/mol. The van der Waals surface area contributed by atoms with Crippen LogP contribution in [-0.4, -0.2) is 13.6 Å². The summed E-state index contributed by atoms with van der Waals surface area (Å²) < 4.78 is 2.29. The minimum Gasteiger partial charge on any atom is -0.369 e. The first kappa shape index (κ1) is 15.0. The monoisotopic (exact) mass is 402 g/mol. The van der Waals surface area contributed by atoms with Crippen LogP contribution in [0.25, 0.3) is 0 Å². The molecule has 5 heteroatoms. The Labute approximate surface area is 134 Å². The third-order valence-corrected chi connectivity index (χ3v) is 5.09. The highest BCUT2D eigenvalue weighted by Crippen LogP contribution is 2.29. The molecule has 2 N–H and O–H groups in total. The highest BCUT2D eigenvalue weighted by atomic mass is 79.9. The number of anilines is 1. The zero-order valence-electron chi connectivity index (χ0n) is 10.7. The van der Waals surface area contributed by atoms with Gasteiger partial charge in [0.15, 0.2) is 0 Å². The topological polar surface area (TPSA) is 29.3 Å². The number of thiophene rings is 1. The van der Waals surface area contributed by atoms with Crippen molar-refractivity contribution in [3.8, 4) is 0 Å². The van der Waals surface area contributed by atoms with Crippen LogP contribution >= 0.6 is 43.2 Å². The normalized spacial score (nSPS) is 10.7. The summed E-state index contributed by atoms with van der Waals surface area (Å²) in [6.07, 6.45) is 0.917. The average Bonchev–Trinajstić information content (AvgIpc) is 2.75. The van der Waals surface area contributed by atoms with Crippen molar-refractivity contribution in [3.63, 3.8) is 0 Å². The first-order valence-corrected chi connectivity index (χ1v) is 8.49. The van der Waals surface area contributed by atoms with E-state index in [0.717, 1.165) is 17.4 Å². The van der Waals surface area contributed by atoms with Crippen molar-refractivity contribution in [2.75, 3.05) is 18.5 Å². The number of benzene rings is 1. The van der Waals surface area contributed by atoms with Gasteiger partial charge in [0.25, 0.3) is 0 Å². The summed E-state index contributed by atoms with van der Waals surface area (Å²) in [5.41, 5.74) is 9.37. The molecule has 1 aromatic carbocycles. The molecule has 0 aliphatic rings. The first-order valence-electron chi connectivity index (χ1n) is 6.02. The van der Waals surface area contributed by atoms with Crippen LogP contribution in [0.15, 0.2) is 37.9 Å². The van der Waals surface area contributed by atoms with Crippen molar-refractivity contribution in [3.05, 3.63) is 49.0 Å². The second-order valence-electron chi connectivity index (χ2n) is 4.44. The van der Waals surface area contributed by atoms with E-state index in [1.165, 1.54) is 20.6 Å². The van der Waals surface area contributed by atoms with Gasteiger partial charge >= 0.3 is 0 Å². The summed E-state index contributed by atoms with van der Waals surface area (Å²) in [6.45, 7) is 1.58. The highest BCUT2D eigenvalue weighted by molar-refractivity contribution is 9.11. The van der Waals surface area contributed by atoms with Gasteiger partial charge in [-0.15, -0.1) is 11.3 Å². The fraction of sp³-hybridized carbons (Fsp3) is 0.286. The number of hydrogen-bond acceptors (Lipinski definition) is 3. The Kier molecular flexibility index (Phi) is 5.45. The minimum atomic E-state index is 0.685. The van der Waals surface area contributed by atoms with Gasteiger partial charge in [-0.2, -0.15) is 0 Å². The Bertz CT molecular complexity index is 554. The lowest BCUT2D eigenvalue weighted by molar-refractivity contribution is 0.919. The largest absolute Gasteiger partial charge is 0.369 e. The molecule has 0 aliphatic heterocycles. The lowest BCUT2D eigenvalue weighted by Crippen LogP contribution is -2.16. The van der Waals surface area contributed by atoms with E-state index in [1.807, 2.05) is 0 Å². The van der Waals surface area contributed by atoms with Gasteiger partial charge in [0.2, 0.25) is 0 Å². The molecule has 0 bridgehead atoms. The summed E-state index contributed by atoms with van der Waals surface area (Å²) in [5, 5.41) is 2.18. The molecule has 0 saturated heterocycles. The van der Waals surface area contributed by atoms with Crippen molar-refractivity contribution in [1.82, 2.24) is 0 Å². The van der Waals surface area contributed by atoms with Crippen molar-refractivity contribution in [2.24, 2.45) is 5.73 Å². The molecule has 2 rings (SSSR count). The van der Waals surface area contributed by atoms with Gasteiger partial charge in [0.1, 0.15) is 0 Å². The van der Waals surface area contributed by atoms with Crippen LogP contribution in [0, 0.1) is 0 Å². The van der Waals surface area contributed by atoms with E-state index >= 15 is 0 Å². The van der Waals surface area contributed by atoms with E-state index in [2.05, 4.69) is 73.5 Å². The summed E-state index contributed by atoms with van der Waals surface area (Å²) in [4.78, 5) is 2.24. The van der Waals surface area contributed by atoms with Crippen LogP contribution in [-0.2, 0) is 13.0 Å². The Morgan fingerprint density at radius 3 is 2.58 bits per heavy atom. The van der Waals surface area contributed by atoms with Crippen molar-refractivity contribution >= 4 is 48.9 Å². The molecule has 0 radical (unpaired) electrons.